The molecule has 3 rings (SSSR count). The van der Waals surface area contributed by atoms with Crippen molar-refractivity contribution >= 4 is 17.6 Å². The molecule has 1 aliphatic carbocycles. The average Bonchev–Trinajstić information content (AvgIpc) is 2.97. The summed E-state index contributed by atoms with van der Waals surface area (Å²) >= 11 is 6.47. The molecule has 1 heterocycles. The Morgan fingerprint density at radius 1 is 1.35 bits per heavy atom. The number of rotatable bonds is 4. The van der Waals surface area contributed by atoms with E-state index in [2.05, 4.69) is 6.07 Å². The van der Waals surface area contributed by atoms with Crippen LogP contribution in [0.4, 0.5) is 0 Å². The maximum absolute atomic E-state index is 11.0. The third-order valence-corrected chi connectivity index (χ3v) is 5.36. The SMILES string of the molecule is C[C@@H](Cc1ccc(C2CCC3(CC2)OCCO3)c(Cl)c1)C(=O)O. The molecule has 1 spiro atoms. The van der Waals surface area contributed by atoms with E-state index in [4.69, 9.17) is 26.2 Å². The van der Waals surface area contributed by atoms with Gasteiger partial charge in [0.2, 0.25) is 0 Å². The van der Waals surface area contributed by atoms with Crippen LogP contribution in [0.25, 0.3) is 0 Å². The zero-order chi connectivity index (χ0) is 16.4. The second kappa shape index (κ2) is 6.80. The van der Waals surface area contributed by atoms with Crippen LogP contribution in [0.3, 0.4) is 0 Å². The molecule has 0 bridgehead atoms. The van der Waals surface area contributed by atoms with Crippen LogP contribution in [-0.4, -0.2) is 30.1 Å². The van der Waals surface area contributed by atoms with Gasteiger partial charge in [-0.25, -0.2) is 0 Å². The lowest BCUT2D eigenvalue weighted by molar-refractivity contribution is -0.178. The molecule has 1 aliphatic heterocycles. The summed E-state index contributed by atoms with van der Waals surface area (Å²) < 4.78 is 11.5. The first-order valence-electron chi connectivity index (χ1n) is 8.28. The molecule has 2 aliphatic rings. The lowest BCUT2D eigenvalue weighted by Crippen LogP contribution is -2.34. The van der Waals surface area contributed by atoms with E-state index in [9.17, 15) is 4.79 Å². The Hall–Kier alpha value is -1.10. The Morgan fingerprint density at radius 3 is 2.57 bits per heavy atom. The fourth-order valence-electron chi connectivity index (χ4n) is 3.62. The van der Waals surface area contributed by atoms with Gasteiger partial charge < -0.3 is 14.6 Å². The predicted molar refractivity (Wildman–Crippen MR) is 87.8 cm³/mol. The van der Waals surface area contributed by atoms with Gasteiger partial charge in [-0.2, -0.15) is 0 Å². The van der Waals surface area contributed by atoms with Crippen LogP contribution < -0.4 is 0 Å². The lowest BCUT2D eigenvalue weighted by Gasteiger charge is -2.35. The molecular formula is C18H23ClO4. The highest BCUT2D eigenvalue weighted by molar-refractivity contribution is 6.31. The smallest absolute Gasteiger partial charge is 0.306 e. The monoisotopic (exact) mass is 338 g/mol. The van der Waals surface area contributed by atoms with Crippen LogP contribution in [0.15, 0.2) is 18.2 Å². The normalized spacial score (nSPS) is 22.3. The molecule has 0 radical (unpaired) electrons. The van der Waals surface area contributed by atoms with Gasteiger partial charge in [0.1, 0.15) is 0 Å². The molecule has 1 atom stereocenters. The summed E-state index contributed by atoms with van der Waals surface area (Å²) in [6.07, 6.45) is 4.33. The maximum Gasteiger partial charge on any atom is 0.306 e. The van der Waals surface area contributed by atoms with E-state index >= 15 is 0 Å². The summed E-state index contributed by atoms with van der Waals surface area (Å²) in [4.78, 5) is 11.0. The van der Waals surface area contributed by atoms with Gasteiger partial charge in [0.25, 0.3) is 0 Å². The highest BCUT2D eigenvalue weighted by Gasteiger charge is 2.40. The number of hydrogen-bond acceptors (Lipinski definition) is 3. The summed E-state index contributed by atoms with van der Waals surface area (Å²) in [5, 5.41) is 9.76. The first kappa shape index (κ1) is 16.7. The van der Waals surface area contributed by atoms with E-state index < -0.39 is 11.9 Å². The fraction of sp³-hybridized carbons (Fsp3) is 0.611. The van der Waals surface area contributed by atoms with Gasteiger partial charge in [-0.1, -0.05) is 30.7 Å². The Bertz CT molecular complexity index is 570. The summed E-state index contributed by atoms with van der Waals surface area (Å²) in [6, 6.07) is 5.99. The molecule has 1 saturated carbocycles. The Kier molecular flexibility index (Phi) is 4.95. The third kappa shape index (κ3) is 3.70. The first-order valence-corrected chi connectivity index (χ1v) is 8.66. The van der Waals surface area contributed by atoms with Gasteiger partial charge in [-0.15, -0.1) is 0 Å². The van der Waals surface area contributed by atoms with Crippen molar-refractivity contribution < 1.29 is 19.4 Å². The van der Waals surface area contributed by atoms with E-state index in [0.29, 0.717) is 25.6 Å². The standard InChI is InChI=1S/C18H23ClO4/c1-12(17(20)21)10-13-2-3-15(16(19)11-13)14-4-6-18(7-5-14)22-8-9-23-18/h2-3,11-12,14H,4-10H2,1H3,(H,20,21)/t12-/m0/s1. The number of halogens is 1. The molecular weight excluding hydrogens is 316 g/mol. The molecule has 1 aromatic rings. The Morgan fingerprint density at radius 2 is 2.00 bits per heavy atom. The van der Waals surface area contributed by atoms with E-state index in [1.54, 1.807) is 6.92 Å². The number of aliphatic carboxylic acids is 1. The molecule has 2 fully saturated rings. The van der Waals surface area contributed by atoms with Gasteiger partial charge in [0.15, 0.2) is 5.79 Å². The van der Waals surface area contributed by atoms with Crippen molar-refractivity contribution in [1.82, 2.24) is 0 Å². The second-order valence-corrected chi connectivity index (χ2v) is 7.09. The van der Waals surface area contributed by atoms with Crippen LogP contribution >= 0.6 is 11.6 Å². The van der Waals surface area contributed by atoms with Crippen molar-refractivity contribution in [3.05, 3.63) is 34.3 Å². The van der Waals surface area contributed by atoms with E-state index in [0.717, 1.165) is 41.8 Å². The fourth-order valence-corrected chi connectivity index (χ4v) is 3.98. The molecule has 126 valence electrons. The molecule has 1 N–H and O–H groups in total. The lowest BCUT2D eigenvalue weighted by atomic mass is 9.80. The zero-order valence-corrected chi connectivity index (χ0v) is 14.1. The average molecular weight is 339 g/mol. The third-order valence-electron chi connectivity index (χ3n) is 5.03. The van der Waals surface area contributed by atoms with Gasteiger partial charge in [0.05, 0.1) is 19.1 Å². The van der Waals surface area contributed by atoms with Crippen LogP contribution in [0.5, 0.6) is 0 Å². The van der Waals surface area contributed by atoms with E-state index in [1.807, 2.05) is 12.1 Å². The number of benzene rings is 1. The van der Waals surface area contributed by atoms with Crippen LogP contribution in [0, 0.1) is 5.92 Å². The predicted octanol–water partition coefficient (Wildman–Crippen LogP) is 4.00. The van der Waals surface area contributed by atoms with Crippen molar-refractivity contribution in [3.63, 3.8) is 0 Å². The molecule has 4 nitrogen and oxygen atoms in total. The maximum atomic E-state index is 11.0. The van der Waals surface area contributed by atoms with E-state index in [1.165, 1.54) is 0 Å². The number of ether oxygens (including phenoxy) is 2. The van der Waals surface area contributed by atoms with Gasteiger partial charge in [-0.05, 0) is 42.4 Å². The summed E-state index contributed by atoms with van der Waals surface area (Å²) in [6.45, 7) is 3.11. The number of carboxylic acid groups (broad SMARTS) is 1. The van der Waals surface area contributed by atoms with Crippen LogP contribution in [-0.2, 0) is 20.7 Å². The summed E-state index contributed by atoms with van der Waals surface area (Å²) in [7, 11) is 0. The van der Waals surface area contributed by atoms with Crippen molar-refractivity contribution in [2.75, 3.05) is 13.2 Å². The molecule has 0 unspecified atom stereocenters. The number of hydrogen-bond donors (Lipinski definition) is 1. The first-order chi connectivity index (χ1) is 11.0. The van der Waals surface area contributed by atoms with Crippen LogP contribution in [0.1, 0.15) is 49.7 Å². The highest BCUT2D eigenvalue weighted by atomic mass is 35.5. The largest absolute Gasteiger partial charge is 0.481 e. The summed E-state index contributed by atoms with van der Waals surface area (Å²) in [5.41, 5.74) is 2.13. The van der Waals surface area contributed by atoms with Crippen molar-refractivity contribution in [2.24, 2.45) is 5.92 Å². The molecule has 0 aromatic heterocycles. The van der Waals surface area contributed by atoms with Gasteiger partial charge >= 0.3 is 5.97 Å². The molecule has 1 aromatic carbocycles. The highest BCUT2D eigenvalue weighted by Crippen LogP contribution is 2.44. The Balaban J connectivity index is 1.66. The molecule has 23 heavy (non-hydrogen) atoms. The Labute approximate surface area is 141 Å². The molecule has 0 amide bonds. The quantitative estimate of drug-likeness (QED) is 0.901. The van der Waals surface area contributed by atoms with Crippen LogP contribution in [0.2, 0.25) is 5.02 Å². The summed E-state index contributed by atoms with van der Waals surface area (Å²) in [5.74, 6) is -1.10. The zero-order valence-electron chi connectivity index (χ0n) is 13.4. The molecule has 1 saturated heterocycles. The minimum Gasteiger partial charge on any atom is -0.481 e. The topological polar surface area (TPSA) is 55.8 Å². The van der Waals surface area contributed by atoms with Gasteiger partial charge in [-0.3, -0.25) is 4.79 Å². The van der Waals surface area contributed by atoms with E-state index in [-0.39, 0.29) is 5.79 Å². The molecule has 5 heteroatoms. The van der Waals surface area contributed by atoms with Crippen molar-refractivity contribution in [3.8, 4) is 0 Å². The minimum absolute atomic E-state index is 0.347. The minimum atomic E-state index is -0.778. The van der Waals surface area contributed by atoms with Crippen molar-refractivity contribution in [2.45, 2.75) is 50.7 Å². The van der Waals surface area contributed by atoms with Gasteiger partial charge in [0, 0.05) is 17.9 Å². The second-order valence-electron chi connectivity index (χ2n) is 6.68. The number of carbonyl (C=O) groups is 1. The van der Waals surface area contributed by atoms with Crippen molar-refractivity contribution in [1.29, 1.82) is 0 Å². The number of carboxylic acids is 1.